The van der Waals surface area contributed by atoms with E-state index in [0.717, 1.165) is 0 Å². The number of sulfonamides is 1. The third-order valence-electron chi connectivity index (χ3n) is 4.97. The topological polar surface area (TPSA) is 114 Å². The summed E-state index contributed by atoms with van der Waals surface area (Å²) in [5.41, 5.74) is 0.852. The summed E-state index contributed by atoms with van der Waals surface area (Å²) in [5.74, 6) is 0.590. The van der Waals surface area contributed by atoms with Crippen LogP contribution in [0.15, 0.2) is 47.4 Å². The second-order valence-electron chi connectivity index (χ2n) is 6.88. The lowest BCUT2D eigenvalue weighted by Crippen LogP contribution is -2.40. The standard InChI is InChI=1S/C21H26N2O7S/c1-28-19-8-5-16(13-20(19)29-2)18(24)14-22-21(25)15-3-6-17(7-4-15)31(26,27)23-9-11-30-12-10-23/h3-8,13,18,24H,9-12,14H2,1-2H3,(H,22,25). The van der Waals surface area contributed by atoms with Gasteiger partial charge in [0.25, 0.3) is 5.91 Å². The molecule has 2 aromatic carbocycles. The molecule has 1 aliphatic heterocycles. The summed E-state index contributed by atoms with van der Waals surface area (Å²) in [7, 11) is -0.601. The van der Waals surface area contributed by atoms with Crippen LogP contribution in [0.3, 0.4) is 0 Å². The fourth-order valence-electron chi connectivity index (χ4n) is 3.18. The summed E-state index contributed by atoms with van der Waals surface area (Å²) in [4.78, 5) is 12.5. The van der Waals surface area contributed by atoms with Crippen LogP contribution in [0.1, 0.15) is 22.0 Å². The number of ether oxygens (including phenoxy) is 3. The molecule has 1 amide bonds. The molecule has 0 radical (unpaired) electrons. The largest absolute Gasteiger partial charge is 0.493 e. The van der Waals surface area contributed by atoms with E-state index in [2.05, 4.69) is 5.32 Å². The first kappa shape index (κ1) is 23.0. The number of amides is 1. The van der Waals surface area contributed by atoms with Crippen LogP contribution >= 0.6 is 0 Å². The Kier molecular flexibility index (Phi) is 7.50. The predicted molar refractivity (Wildman–Crippen MR) is 113 cm³/mol. The number of benzene rings is 2. The first-order valence-electron chi connectivity index (χ1n) is 9.73. The monoisotopic (exact) mass is 450 g/mol. The Balaban J connectivity index is 1.62. The van der Waals surface area contributed by atoms with Crippen LogP contribution in [0.2, 0.25) is 0 Å². The first-order chi connectivity index (χ1) is 14.9. The highest BCUT2D eigenvalue weighted by Crippen LogP contribution is 2.29. The van der Waals surface area contributed by atoms with Crippen LogP contribution in [0.5, 0.6) is 11.5 Å². The van der Waals surface area contributed by atoms with Gasteiger partial charge in [0.15, 0.2) is 11.5 Å². The highest BCUT2D eigenvalue weighted by atomic mass is 32.2. The fraction of sp³-hybridized carbons (Fsp3) is 0.381. The fourth-order valence-corrected chi connectivity index (χ4v) is 4.59. The number of morpholine rings is 1. The molecule has 3 rings (SSSR count). The lowest BCUT2D eigenvalue weighted by atomic mass is 10.1. The summed E-state index contributed by atoms with van der Waals surface area (Å²) < 4.78 is 42.3. The molecule has 10 heteroatoms. The molecule has 1 saturated heterocycles. The number of nitrogens with zero attached hydrogens (tertiary/aromatic N) is 1. The zero-order valence-corrected chi connectivity index (χ0v) is 18.2. The molecule has 2 aromatic rings. The van der Waals surface area contributed by atoms with E-state index in [1.54, 1.807) is 18.2 Å². The molecule has 1 unspecified atom stereocenters. The van der Waals surface area contributed by atoms with E-state index < -0.39 is 22.0 Å². The lowest BCUT2D eigenvalue weighted by Gasteiger charge is -2.26. The predicted octanol–water partition coefficient (Wildman–Crippen LogP) is 1.19. The van der Waals surface area contributed by atoms with Gasteiger partial charge in [-0.2, -0.15) is 4.31 Å². The normalized spacial score (nSPS) is 15.8. The van der Waals surface area contributed by atoms with Crippen molar-refractivity contribution in [3.8, 4) is 11.5 Å². The van der Waals surface area contributed by atoms with E-state index in [1.807, 2.05) is 0 Å². The van der Waals surface area contributed by atoms with Crippen LogP contribution in [0.4, 0.5) is 0 Å². The maximum absolute atomic E-state index is 12.7. The van der Waals surface area contributed by atoms with Crippen LogP contribution in [-0.4, -0.2) is 70.8 Å². The highest BCUT2D eigenvalue weighted by molar-refractivity contribution is 7.89. The van der Waals surface area contributed by atoms with Crippen molar-refractivity contribution < 1.29 is 32.5 Å². The number of nitrogens with one attached hydrogen (secondary N) is 1. The van der Waals surface area contributed by atoms with Gasteiger partial charge in [0.1, 0.15) is 0 Å². The van der Waals surface area contributed by atoms with Crippen LogP contribution in [0.25, 0.3) is 0 Å². The molecule has 0 bridgehead atoms. The number of rotatable bonds is 8. The molecule has 2 N–H and O–H groups in total. The molecule has 0 saturated carbocycles. The smallest absolute Gasteiger partial charge is 0.251 e. The number of hydrogen-bond acceptors (Lipinski definition) is 7. The summed E-state index contributed by atoms with van der Waals surface area (Å²) in [6, 6.07) is 10.7. The third-order valence-corrected chi connectivity index (χ3v) is 6.89. The number of hydrogen-bond donors (Lipinski definition) is 2. The summed E-state index contributed by atoms with van der Waals surface area (Å²) in [6.07, 6.45) is -0.954. The molecule has 1 atom stereocenters. The molecule has 31 heavy (non-hydrogen) atoms. The highest BCUT2D eigenvalue weighted by Gasteiger charge is 2.26. The summed E-state index contributed by atoms with van der Waals surface area (Å²) in [6.45, 7) is 1.31. The van der Waals surface area contributed by atoms with Crippen LogP contribution in [-0.2, 0) is 14.8 Å². The number of aliphatic hydroxyl groups excluding tert-OH is 1. The van der Waals surface area contributed by atoms with Crippen LogP contribution < -0.4 is 14.8 Å². The summed E-state index contributed by atoms with van der Waals surface area (Å²) in [5, 5.41) is 13.0. The molecule has 0 spiro atoms. The molecule has 9 nitrogen and oxygen atoms in total. The van der Waals surface area contributed by atoms with Gasteiger partial charge >= 0.3 is 0 Å². The van der Waals surface area contributed by atoms with Gasteiger partial charge in [0, 0.05) is 25.2 Å². The Morgan fingerprint density at radius 2 is 1.74 bits per heavy atom. The second kappa shape index (κ2) is 10.1. The van der Waals surface area contributed by atoms with Crippen molar-refractivity contribution in [1.29, 1.82) is 0 Å². The van der Waals surface area contributed by atoms with Gasteiger partial charge in [-0.25, -0.2) is 8.42 Å². The third kappa shape index (κ3) is 5.34. The van der Waals surface area contributed by atoms with Gasteiger partial charge in [0.2, 0.25) is 10.0 Å². The van der Waals surface area contributed by atoms with Crippen molar-refractivity contribution in [2.75, 3.05) is 47.1 Å². The molecule has 0 aliphatic carbocycles. The average molecular weight is 451 g/mol. The molecule has 0 aromatic heterocycles. The van der Waals surface area contributed by atoms with Gasteiger partial charge in [-0.1, -0.05) is 6.07 Å². The van der Waals surface area contributed by atoms with Crippen LogP contribution in [0, 0.1) is 0 Å². The van der Waals surface area contributed by atoms with E-state index in [9.17, 15) is 18.3 Å². The van der Waals surface area contributed by atoms with Gasteiger partial charge in [0.05, 0.1) is 38.4 Å². The Hall–Kier alpha value is -2.66. The SMILES string of the molecule is COc1ccc(C(O)CNC(=O)c2ccc(S(=O)(=O)N3CCOCC3)cc2)cc1OC. The van der Waals surface area contributed by atoms with E-state index in [1.165, 1.54) is 42.8 Å². The van der Waals surface area contributed by atoms with Gasteiger partial charge < -0.3 is 24.6 Å². The first-order valence-corrected chi connectivity index (χ1v) is 11.2. The molecule has 1 heterocycles. The van der Waals surface area contributed by atoms with E-state index in [4.69, 9.17) is 14.2 Å². The lowest BCUT2D eigenvalue weighted by molar-refractivity contribution is 0.0730. The molecular formula is C21H26N2O7S. The van der Waals surface area contributed by atoms with Crippen molar-refractivity contribution in [3.05, 3.63) is 53.6 Å². The zero-order chi connectivity index (χ0) is 22.4. The average Bonchev–Trinajstić information content (AvgIpc) is 2.82. The zero-order valence-electron chi connectivity index (χ0n) is 17.4. The van der Waals surface area contributed by atoms with Crippen molar-refractivity contribution >= 4 is 15.9 Å². The maximum atomic E-state index is 12.7. The molecule has 1 fully saturated rings. The minimum absolute atomic E-state index is 0.0257. The number of carbonyl (C=O) groups excluding carboxylic acids is 1. The maximum Gasteiger partial charge on any atom is 0.251 e. The Morgan fingerprint density at radius 3 is 2.35 bits per heavy atom. The van der Waals surface area contributed by atoms with Crippen molar-refractivity contribution in [2.45, 2.75) is 11.0 Å². The molecular weight excluding hydrogens is 424 g/mol. The van der Waals surface area contributed by atoms with E-state index in [0.29, 0.717) is 48.9 Å². The van der Waals surface area contributed by atoms with Gasteiger partial charge in [-0.15, -0.1) is 0 Å². The minimum atomic E-state index is -3.62. The summed E-state index contributed by atoms with van der Waals surface area (Å²) >= 11 is 0. The Morgan fingerprint density at radius 1 is 1.10 bits per heavy atom. The van der Waals surface area contributed by atoms with Crippen molar-refractivity contribution in [3.63, 3.8) is 0 Å². The second-order valence-corrected chi connectivity index (χ2v) is 8.82. The number of methoxy groups -OCH3 is 2. The van der Waals surface area contributed by atoms with E-state index in [-0.39, 0.29) is 11.4 Å². The van der Waals surface area contributed by atoms with Crippen molar-refractivity contribution in [2.24, 2.45) is 0 Å². The van der Waals surface area contributed by atoms with E-state index >= 15 is 0 Å². The Bertz CT molecular complexity index is 1000. The van der Waals surface area contributed by atoms with Gasteiger partial charge in [-0.3, -0.25) is 4.79 Å². The number of carbonyl (C=O) groups is 1. The Labute approximate surface area is 181 Å². The molecule has 1 aliphatic rings. The van der Waals surface area contributed by atoms with Gasteiger partial charge in [-0.05, 0) is 42.0 Å². The molecule has 168 valence electrons. The quantitative estimate of drug-likeness (QED) is 0.621. The van der Waals surface area contributed by atoms with Crippen molar-refractivity contribution in [1.82, 2.24) is 9.62 Å². The minimum Gasteiger partial charge on any atom is -0.493 e. The number of aliphatic hydroxyl groups is 1.